The molecule has 2 aliphatic rings. The molecule has 1 aromatic carbocycles. The fourth-order valence-electron chi connectivity index (χ4n) is 6.61. The molecule has 2 N–H and O–H groups in total. The molecular formula is C32H43N5O3. The summed E-state index contributed by atoms with van der Waals surface area (Å²) in [6.45, 7) is 10.1. The van der Waals surface area contributed by atoms with Crippen molar-refractivity contribution in [3.8, 4) is 11.3 Å². The average Bonchev–Trinajstić information content (AvgIpc) is 3.45. The van der Waals surface area contributed by atoms with Crippen molar-refractivity contribution in [2.24, 2.45) is 5.41 Å². The second-order valence-electron chi connectivity index (χ2n) is 12.3. The highest BCUT2D eigenvalue weighted by molar-refractivity contribution is 5.76. The van der Waals surface area contributed by atoms with Gasteiger partial charge in [0.2, 0.25) is 5.91 Å². The number of likely N-dealkylation sites (tertiary alicyclic amines) is 2. The summed E-state index contributed by atoms with van der Waals surface area (Å²) in [5, 5.41) is 20.4. The topological polar surface area (TPSA) is 94.6 Å². The number of hydrogen-bond donors (Lipinski definition) is 2. The molecule has 2 fully saturated rings. The number of hydrogen-bond acceptors (Lipinski definition) is 6. The molecular weight excluding hydrogens is 502 g/mol. The van der Waals surface area contributed by atoms with Gasteiger partial charge in [-0.05, 0) is 49.1 Å². The van der Waals surface area contributed by atoms with Crippen molar-refractivity contribution in [1.29, 1.82) is 0 Å². The summed E-state index contributed by atoms with van der Waals surface area (Å²) in [5.74, 6) is 0.908. The molecule has 1 amide bonds. The molecule has 0 spiro atoms. The zero-order valence-electron chi connectivity index (χ0n) is 24.5. The van der Waals surface area contributed by atoms with Crippen LogP contribution >= 0.6 is 0 Å². The maximum absolute atomic E-state index is 12.5. The quantitative estimate of drug-likeness (QED) is 0.411. The van der Waals surface area contributed by atoms with Gasteiger partial charge in [0.25, 0.3) is 0 Å². The summed E-state index contributed by atoms with van der Waals surface area (Å²) < 4.78 is 5.06. The Hall–Kier alpha value is -3.07. The molecule has 2 aliphatic heterocycles. The lowest BCUT2D eigenvalue weighted by Crippen LogP contribution is -2.63. The highest BCUT2D eigenvalue weighted by Gasteiger charge is 2.55. The van der Waals surface area contributed by atoms with Crippen molar-refractivity contribution in [2.45, 2.75) is 57.5 Å². The summed E-state index contributed by atoms with van der Waals surface area (Å²) in [6, 6.07) is 12.6. The third-order valence-corrected chi connectivity index (χ3v) is 8.96. The van der Waals surface area contributed by atoms with E-state index in [1.54, 1.807) is 13.3 Å². The van der Waals surface area contributed by atoms with Gasteiger partial charge in [-0.15, -0.1) is 0 Å². The van der Waals surface area contributed by atoms with Gasteiger partial charge < -0.3 is 19.6 Å². The highest BCUT2D eigenvalue weighted by Crippen LogP contribution is 2.50. The molecule has 4 heterocycles. The minimum Gasteiger partial charge on any atom is -0.384 e. The number of nitrogens with zero attached hydrogens (tertiary/aromatic N) is 4. The van der Waals surface area contributed by atoms with Crippen molar-refractivity contribution < 1.29 is 14.6 Å². The molecule has 0 radical (unpaired) electrons. The number of carbonyl (C=O) groups excluding carboxylic acids is 1. The summed E-state index contributed by atoms with van der Waals surface area (Å²) in [5.41, 5.74) is 4.15. The number of piperidine rings is 1. The van der Waals surface area contributed by atoms with Crippen LogP contribution in [0.25, 0.3) is 11.3 Å². The lowest BCUT2D eigenvalue weighted by molar-refractivity contribution is -0.133. The SMILES string of the molecule is COCCC(=O)N1CCC(c2cc(-c3cncc([C@@](O)(c4ccc(C(C)C)cc4)C4(C)CN(C)C4)c3)n[nH]2)CC1. The van der Waals surface area contributed by atoms with E-state index in [4.69, 9.17) is 4.74 Å². The van der Waals surface area contributed by atoms with E-state index in [1.807, 2.05) is 17.2 Å². The molecule has 1 atom stereocenters. The summed E-state index contributed by atoms with van der Waals surface area (Å²) in [7, 11) is 3.71. The number of benzene rings is 1. The first-order valence-electron chi connectivity index (χ1n) is 14.4. The molecule has 0 aliphatic carbocycles. The minimum atomic E-state index is -1.20. The third kappa shape index (κ3) is 5.32. The van der Waals surface area contributed by atoms with Gasteiger partial charge in [-0.1, -0.05) is 45.0 Å². The fourth-order valence-corrected chi connectivity index (χ4v) is 6.61. The normalized spacial score (nSPS) is 19.4. The molecule has 0 saturated carbocycles. The van der Waals surface area contributed by atoms with Crippen LogP contribution in [-0.4, -0.2) is 82.9 Å². The van der Waals surface area contributed by atoms with E-state index in [0.717, 1.165) is 67.1 Å². The summed E-state index contributed by atoms with van der Waals surface area (Å²) in [4.78, 5) is 21.1. The molecule has 0 bridgehead atoms. The monoisotopic (exact) mass is 545 g/mol. The highest BCUT2D eigenvalue weighted by atomic mass is 16.5. The van der Waals surface area contributed by atoms with Crippen molar-refractivity contribution in [2.75, 3.05) is 46.9 Å². The maximum atomic E-state index is 12.5. The Bertz CT molecular complexity index is 1310. The molecule has 0 unspecified atom stereocenters. The standard InChI is InChI=1S/C32H43N5O3/c1-22(2)23-6-8-26(9-7-23)32(39,31(3)20-36(4)21-31)27-16-25(18-33-19-27)29-17-28(34-35-29)24-10-13-37(14-11-24)30(38)12-15-40-5/h6-9,16-19,22,24,39H,10-15,20-21H2,1-5H3,(H,34,35)/t32-/m0/s1. The summed E-state index contributed by atoms with van der Waals surface area (Å²) >= 11 is 0. The number of rotatable bonds is 9. The van der Waals surface area contributed by atoms with Gasteiger partial charge in [-0.3, -0.25) is 14.9 Å². The van der Waals surface area contributed by atoms with E-state index in [2.05, 4.69) is 78.2 Å². The molecule has 2 saturated heterocycles. The Kier molecular flexibility index (Phi) is 8.13. The number of amides is 1. The van der Waals surface area contributed by atoms with E-state index in [0.29, 0.717) is 24.9 Å². The largest absolute Gasteiger partial charge is 0.384 e. The van der Waals surface area contributed by atoms with Crippen molar-refractivity contribution in [1.82, 2.24) is 25.0 Å². The molecule has 2 aromatic heterocycles. The Morgan fingerprint density at radius 3 is 2.48 bits per heavy atom. The molecule has 3 aromatic rings. The molecule has 40 heavy (non-hydrogen) atoms. The van der Waals surface area contributed by atoms with Crippen LogP contribution in [0.1, 0.15) is 74.3 Å². The number of ether oxygens (including phenoxy) is 1. The lowest BCUT2D eigenvalue weighted by atomic mass is 9.62. The predicted molar refractivity (Wildman–Crippen MR) is 156 cm³/mol. The van der Waals surface area contributed by atoms with Gasteiger partial charge in [0.05, 0.1) is 18.7 Å². The van der Waals surface area contributed by atoms with E-state index in [-0.39, 0.29) is 11.3 Å². The predicted octanol–water partition coefficient (Wildman–Crippen LogP) is 4.53. The van der Waals surface area contributed by atoms with Gasteiger partial charge in [-0.25, -0.2) is 0 Å². The third-order valence-electron chi connectivity index (χ3n) is 8.96. The number of pyridine rings is 1. The Labute approximate surface area is 237 Å². The first-order valence-corrected chi connectivity index (χ1v) is 14.4. The Morgan fingerprint density at radius 1 is 1.15 bits per heavy atom. The molecule has 5 rings (SSSR count). The van der Waals surface area contributed by atoms with Gasteiger partial charge >= 0.3 is 0 Å². The smallest absolute Gasteiger partial charge is 0.224 e. The van der Waals surface area contributed by atoms with E-state index in [1.165, 1.54) is 5.56 Å². The molecule has 214 valence electrons. The second kappa shape index (κ2) is 11.4. The first kappa shape index (κ1) is 28.5. The average molecular weight is 546 g/mol. The van der Waals surface area contributed by atoms with Crippen LogP contribution in [0.15, 0.2) is 48.8 Å². The van der Waals surface area contributed by atoms with E-state index in [9.17, 15) is 9.90 Å². The second-order valence-corrected chi connectivity index (χ2v) is 12.3. The van der Waals surface area contributed by atoms with E-state index >= 15 is 0 Å². The van der Waals surface area contributed by atoms with Crippen molar-refractivity contribution in [3.05, 3.63) is 71.2 Å². The number of methoxy groups -OCH3 is 1. The summed E-state index contributed by atoms with van der Waals surface area (Å²) in [6.07, 6.45) is 5.85. The zero-order chi connectivity index (χ0) is 28.5. The number of nitrogens with one attached hydrogen (secondary N) is 1. The minimum absolute atomic E-state index is 0.158. The maximum Gasteiger partial charge on any atom is 0.224 e. The van der Waals surface area contributed by atoms with Crippen molar-refractivity contribution in [3.63, 3.8) is 0 Å². The van der Waals surface area contributed by atoms with E-state index < -0.39 is 5.60 Å². The number of H-pyrrole nitrogens is 1. The number of aliphatic hydroxyl groups is 1. The lowest BCUT2D eigenvalue weighted by Gasteiger charge is -2.55. The number of aromatic amines is 1. The van der Waals surface area contributed by atoms with Crippen LogP contribution < -0.4 is 0 Å². The van der Waals surface area contributed by atoms with Crippen LogP contribution in [-0.2, 0) is 15.1 Å². The van der Waals surface area contributed by atoms with Crippen LogP contribution in [0.4, 0.5) is 0 Å². The molecule has 8 nitrogen and oxygen atoms in total. The van der Waals surface area contributed by atoms with Gasteiger partial charge in [0.1, 0.15) is 5.60 Å². The Balaban J connectivity index is 1.38. The van der Waals surface area contributed by atoms with Gasteiger partial charge in [-0.2, -0.15) is 5.10 Å². The number of aromatic nitrogens is 3. The van der Waals surface area contributed by atoms with Crippen LogP contribution in [0.2, 0.25) is 0 Å². The van der Waals surface area contributed by atoms with Crippen LogP contribution in [0.3, 0.4) is 0 Å². The van der Waals surface area contributed by atoms with Crippen molar-refractivity contribution >= 4 is 5.91 Å². The van der Waals surface area contributed by atoms with Gasteiger partial charge in [0, 0.05) is 73.8 Å². The Morgan fingerprint density at radius 2 is 1.85 bits per heavy atom. The van der Waals surface area contributed by atoms with Gasteiger partial charge in [0.15, 0.2) is 0 Å². The zero-order valence-corrected chi connectivity index (χ0v) is 24.5. The van der Waals surface area contributed by atoms with Crippen LogP contribution in [0, 0.1) is 5.41 Å². The number of carbonyl (C=O) groups is 1. The molecule has 8 heteroatoms. The first-order chi connectivity index (χ1) is 19.1. The fraction of sp³-hybridized carbons (Fsp3) is 0.531. The van der Waals surface area contributed by atoms with Crippen LogP contribution in [0.5, 0.6) is 0 Å².